The first-order valence-electron chi connectivity index (χ1n) is 21.7. The van der Waals surface area contributed by atoms with Crippen molar-refractivity contribution in [2.45, 2.75) is 41.5 Å². The highest BCUT2D eigenvalue weighted by Gasteiger charge is 2.28. The van der Waals surface area contributed by atoms with E-state index in [2.05, 4.69) is 212 Å². The molecule has 9 nitrogen and oxygen atoms in total. The van der Waals surface area contributed by atoms with E-state index in [1.807, 2.05) is 0 Å². The molecule has 0 saturated carbocycles. The Balaban J connectivity index is 1.22. The second kappa shape index (κ2) is 14.2. The number of aromatic nitrogens is 9. The SMILES string of the molecule is Cc1cccc2c3cccc(C)c3n(-c3nc4c(nc3Br)c3nc(-n5c6c(C)cccc6c6cccc(C)c65)c(Br)nc3c3nc(-n5c6c(C)cccc6c6cccc(C)c65)c(Br)nc43)c12. The number of hydrogen-bond acceptors (Lipinski definition) is 6. The van der Waals surface area contributed by atoms with Crippen LogP contribution in [0.4, 0.5) is 0 Å². The number of nitrogens with zero attached hydrogens (tertiary/aromatic N) is 9. The Morgan fingerprint density at radius 3 is 0.652 bits per heavy atom. The summed E-state index contributed by atoms with van der Waals surface area (Å²) in [5, 5.41) is 6.87. The van der Waals surface area contributed by atoms with E-state index in [-0.39, 0.29) is 0 Å². The van der Waals surface area contributed by atoms with Crippen LogP contribution in [-0.4, -0.2) is 43.6 Å². The van der Waals surface area contributed by atoms with Gasteiger partial charge in [0.25, 0.3) is 0 Å². The number of fused-ring (bicyclic) bond motifs is 15. The van der Waals surface area contributed by atoms with Crippen LogP contribution in [0.25, 0.3) is 116 Å². The van der Waals surface area contributed by atoms with Crippen molar-refractivity contribution in [3.63, 3.8) is 0 Å². The third kappa shape index (κ3) is 5.31. The summed E-state index contributed by atoms with van der Waals surface area (Å²) >= 11 is 11.9. The van der Waals surface area contributed by atoms with Gasteiger partial charge in [0.15, 0.2) is 17.5 Å². The summed E-state index contributed by atoms with van der Waals surface area (Å²) in [6.45, 7) is 12.9. The fraction of sp³-hybridized carbons (Fsp3) is 0.111. The molecular formula is C54H36Br3N9. The van der Waals surface area contributed by atoms with Crippen LogP contribution in [0.5, 0.6) is 0 Å². The summed E-state index contributed by atoms with van der Waals surface area (Å²) in [6, 6.07) is 38.7. The zero-order valence-electron chi connectivity index (χ0n) is 36.6. The van der Waals surface area contributed by atoms with E-state index < -0.39 is 0 Å². The minimum Gasteiger partial charge on any atom is -0.291 e. The van der Waals surface area contributed by atoms with Crippen LogP contribution in [0.1, 0.15) is 33.4 Å². The minimum atomic E-state index is 0.551. The van der Waals surface area contributed by atoms with Crippen LogP contribution in [0.2, 0.25) is 0 Å². The molecule has 0 amide bonds. The fourth-order valence-electron chi connectivity index (χ4n) is 10.6. The molecule has 0 aliphatic carbocycles. The number of rotatable bonds is 3. The van der Waals surface area contributed by atoms with Crippen molar-refractivity contribution < 1.29 is 0 Å². The van der Waals surface area contributed by atoms with Crippen molar-refractivity contribution in [2.24, 2.45) is 0 Å². The average Bonchev–Trinajstić information content (AvgIpc) is 3.96. The molecule has 7 aromatic carbocycles. The molecular weight excluding hydrogens is 1010 g/mol. The first-order chi connectivity index (χ1) is 32.0. The standard InChI is InChI=1S/C54H36Br3N9/c1-25-13-7-19-31-32-20-8-14-26(2)44(32)64(43(25)31)52-49(55)58-37-40(61-52)38-42(63-53(50(56)59-38)65-45-27(3)15-9-21-33(45)34-22-10-16-28(4)46(34)65)39-41(37)62-54(51(57)60-39)66-47-29(5)17-11-23-35(47)36-24-12-18-30(6)48(36)66/h7-24H,1-6H3. The van der Waals surface area contributed by atoms with Crippen LogP contribution < -0.4 is 0 Å². The number of benzene rings is 7. The van der Waals surface area contributed by atoms with Crippen molar-refractivity contribution in [1.29, 1.82) is 0 Å². The van der Waals surface area contributed by atoms with Gasteiger partial charge in [0.2, 0.25) is 0 Å². The van der Waals surface area contributed by atoms with Crippen molar-refractivity contribution in [3.05, 3.63) is 156 Å². The van der Waals surface area contributed by atoms with Crippen LogP contribution in [0.15, 0.2) is 123 Å². The van der Waals surface area contributed by atoms with E-state index in [4.69, 9.17) is 29.9 Å². The van der Waals surface area contributed by atoms with E-state index in [0.717, 1.165) is 98.8 Å². The highest BCUT2D eigenvalue weighted by molar-refractivity contribution is 9.11. The molecule has 66 heavy (non-hydrogen) atoms. The van der Waals surface area contributed by atoms with Gasteiger partial charge in [0.05, 0.1) is 33.1 Å². The lowest BCUT2D eigenvalue weighted by atomic mass is 10.1. The molecule has 0 saturated heterocycles. The summed E-state index contributed by atoms with van der Waals surface area (Å²) < 4.78 is 8.42. The Labute approximate surface area is 402 Å². The molecule has 6 aromatic heterocycles. The van der Waals surface area contributed by atoms with Gasteiger partial charge in [-0.3, -0.25) is 13.7 Å². The first-order valence-corrected chi connectivity index (χ1v) is 24.1. The molecule has 0 atom stereocenters. The second-order valence-electron chi connectivity index (χ2n) is 17.4. The van der Waals surface area contributed by atoms with Gasteiger partial charge >= 0.3 is 0 Å². The summed E-state index contributed by atoms with van der Waals surface area (Å²) in [5.41, 5.74) is 16.5. The Hall–Kier alpha value is -6.60. The Morgan fingerprint density at radius 2 is 0.455 bits per heavy atom. The average molecular weight is 1050 g/mol. The molecule has 6 heterocycles. The van der Waals surface area contributed by atoms with Crippen molar-refractivity contribution in [3.8, 4) is 17.5 Å². The van der Waals surface area contributed by atoms with Gasteiger partial charge in [-0.05, 0) is 123 Å². The Kier molecular flexibility index (Phi) is 8.55. The monoisotopic (exact) mass is 1050 g/mol. The molecule has 0 fully saturated rings. The van der Waals surface area contributed by atoms with E-state index >= 15 is 0 Å². The van der Waals surface area contributed by atoms with E-state index in [9.17, 15) is 0 Å². The van der Waals surface area contributed by atoms with Gasteiger partial charge < -0.3 is 0 Å². The highest BCUT2D eigenvalue weighted by atomic mass is 79.9. The molecule has 12 heteroatoms. The van der Waals surface area contributed by atoms with E-state index in [1.54, 1.807) is 0 Å². The molecule has 13 aromatic rings. The van der Waals surface area contributed by atoms with Gasteiger partial charge in [-0.15, -0.1) is 0 Å². The summed E-state index contributed by atoms with van der Waals surface area (Å²) in [4.78, 5) is 33.1. The Bertz CT molecular complexity index is 3700. The minimum absolute atomic E-state index is 0.551. The molecule has 0 aliphatic heterocycles. The summed E-state index contributed by atoms with van der Waals surface area (Å²) in [6.07, 6.45) is 0. The molecule has 0 unspecified atom stereocenters. The van der Waals surface area contributed by atoms with Gasteiger partial charge in [0, 0.05) is 32.3 Å². The quantitative estimate of drug-likeness (QED) is 0.164. The highest BCUT2D eigenvalue weighted by Crippen LogP contribution is 2.43. The normalized spacial score (nSPS) is 12.3. The van der Waals surface area contributed by atoms with Crippen LogP contribution in [0.3, 0.4) is 0 Å². The van der Waals surface area contributed by atoms with Crippen molar-refractivity contribution >= 4 is 146 Å². The first kappa shape index (κ1) is 39.7. The lowest BCUT2D eigenvalue weighted by molar-refractivity contribution is 1.03. The number of hydrogen-bond donors (Lipinski definition) is 0. The number of aryl methyl sites for hydroxylation is 6. The molecule has 0 bridgehead atoms. The van der Waals surface area contributed by atoms with Crippen LogP contribution in [0, 0.1) is 41.5 Å². The predicted octanol–water partition coefficient (Wildman–Crippen LogP) is 14.9. The van der Waals surface area contributed by atoms with Gasteiger partial charge in [-0.1, -0.05) is 109 Å². The molecule has 0 spiro atoms. The van der Waals surface area contributed by atoms with Crippen LogP contribution in [-0.2, 0) is 0 Å². The maximum absolute atomic E-state index is 5.62. The largest absolute Gasteiger partial charge is 0.291 e. The molecule has 318 valence electrons. The fourth-order valence-corrected chi connectivity index (χ4v) is 12.0. The topological polar surface area (TPSA) is 92.1 Å². The molecule has 0 aliphatic rings. The number of para-hydroxylation sites is 6. The zero-order chi connectivity index (χ0) is 45.0. The maximum atomic E-state index is 5.62. The lowest BCUT2D eigenvalue weighted by Gasteiger charge is -2.17. The summed E-state index contributed by atoms with van der Waals surface area (Å²) in [7, 11) is 0. The van der Waals surface area contributed by atoms with Gasteiger partial charge in [0.1, 0.15) is 46.9 Å². The van der Waals surface area contributed by atoms with Crippen LogP contribution >= 0.6 is 47.8 Å². The lowest BCUT2D eigenvalue weighted by Crippen LogP contribution is -2.09. The van der Waals surface area contributed by atoms with Crippen molar-refractivity contribution in [2.75, 3.05) is 0 Å². The van der Waals surface area contributed by atoms with Gasteiger partial charge in [-0.25, -0.2) is 29.9 Å². The molecule has 13 rings (SSSR count). The predicted molar refractivity (Wildman–Crippen MR) is 280 cm³/mol. The maximum Gasteiger partial charge on any atom is 0.171 e. The third-order valence-corrected chi connectivity index (χ3v) is 15.1. The second-order valence-corrected chi connectivity index (χ2v) is 19.7. The molecule has 0 N–H and O–H groups in total. The van der Waals surface area contributed by atoms with Gasteiger partial charge in [-0.2, -0.15) is 0 Å². The zero-order valence-corrected chi connectivity index (χ0v) is 41.3. The van der Waals surface area contributed by atoms with E-state index in [0.29, 0.717) is 64.4 Å². The Morgan fingerprint density at radius 1 is 0.273 bits per heavy atom. The third-order valence-electron chi connectivity index (χ3n) is 13.5. The van der Waals surface area contributed by atoms with E-state index in [1.165, 1.54) is 0 Å². The molecule has 0 radical (unpaired) electrons. The summed E-state index contributed by atoms with van der Waals surface area (Å²) in [5.74, 6) is 1.92. The number of halogens is 3. The van der Waals surface area contributed by atoms with Crippen molar-refractivity contribution in [1.82, 2.24) is 43.6 Å². The smallest absolute Gasteiger partial charge is 0.171 e.